The van der Waals surface area contributed by atoms with Crippen LogP contribution in [0, 0.1) is 5.92 Å². The van der Waals surface area contributed by atoms with Crippen LogP contribution in [-0.4, -0.2) is 6.17 Å². The molecule has 0 aromatic carbocycles. The Morgan fingerprint density at radius 2 is 2.14 bits per heavy atom. The number of halogens is 1. The van der Waals surface area contributed by atoms with Crippen LogP contribution in [0.15, 0.2) is 0 Å². The minimum Gasteiger partial charge on any atom is -0.247 e. The highest BCUT2D eigenvalue weighted by Crippen LogP contribution is 2.26. The van der Waals surface area contributed by atoms with Gasteiger partial charge in [-0.05, 0) is 25.2 Å². The second-order valence-electron chi connectivity index (χ2n) is 2.52. The maximum Gasteiger partial charge on any atom is 0.100 e. The highest BCUT2D eigenvalue weighted by molar-refractivity contribution is 4.70. The van der Waals surface area contributed by atoms with Crippen molar-refractivity contribution < 1.29 is 4.39 Å². The van der Waals surface area contributed by atoms with Gasteiger partial charge in [0, 0.05) is 0 Å². The van der Waals surface area contributed by atoms with Gasteiger partial charge in [0.05, 0.1) is 0 Å². The molecule has 0 aliphatic heterocycles. The van der Waals surface area contributed by atoms with Crippen molar-refractivity contribution in [2.45, 2.75) is 32.4 Å². The Labute approximate surface area is 43.7 Å². The van der Waals surface area contributed by atoms with Crippen LogP contribution in [-0.2, 0) is 0 Å². The Bertz CT molecular complexity index is 53.2. The van der Waals surface area contributed by atoms with Crippen LogP contribution in [0.4, 0.5) is 4.39 Å². The fourth-order valence-corrected chi connectivity index (χ4v) is 1.14. The van der Waals surface area contributed by atoms with Crippen LogP contribution >= 0.6 is 0 Å². The van der Waals surface area contributed by atoms with Gasteiger partial charge in [-0.2, -0.15) is 0 Å². The summed E-state index contributed by atoms with van der Waals surface area (Å²) in [5.41, 5.74) is 0. The van der Waals surface area contributed by atoms with Crippen molar-refractivity contribution in [2.24, 2.45) is 5.92 Å². The fourth-order valence-electron chi connectivity index (χ4n) is 1.14. The number of hydrogen-bond donors (Lipinski definition) is 0. The molecule has 0 saturated heterocycles. The molecule has 0 radical (unpaired) electrons. The molecule has 0 spiro atoms. The van der Waals surface area contributed by atoms with E-state index in [2.05, 4.69) is 6.92 Å². The molecule has 0 amide bonds. The van der Waals surface area contributed by atoms with Crippen molar-refractivity contribution in [1.29, 1.82) is 0 Å². The van der Waals surface area contributed by atoms with Crippen LogP contribution in [0.25, 0.3) is 0 Å². The van der Waals surface area contributed by atoms with Crippen LogP contribution < -0.4 is 0 Å². The molecule has 1 saturated carbocycles. The van der Waals surface area contributed by atoms with E-state index in [1.807, 2.05) is 0 Å². The van der Waals surface area contributed by atoms with E-state index in [0.29, 0.717) is 5.92 Å². The predicted octanol–water partition coefficient (Wildman–Crippen LogP) is 2.14. The third-order valence-electron chi connectivity index (χ3n) is 1.63. The molecule has 0 aromatic heterocycles. The maximum atomic E-state index is 12.2. The standard InChI is InChI=1S/C6H11F/c1-5-2-3-6(7)4-5/h5-6H,2-4H2,1H3/t5?,6-/m0/s1. The lowest BCUT2D eigenvalue weighted by atomic mass is 10.1. The highest BCUT2D eigenvalue weighted by atomic mass is 19.1. The largest absolute Gasteiger partial charge is 0.247 e. The summed E-state index contributed by atoms with van der Waals surface area (Å²) in [7, 11) is 0. The molecule has 0 N–H and O–H groups in total. The lowest BCUT2D eigenvalue weighted by Gasteiger charge is -1.93. The van der Waals surface area contributed by atoms with Crippen LogP contribution in [0.5, 0.6) is 0 Å². The van der Waals surface area contributed by atoms with Crippen LogP contribution in [0.3, 0.4) is 0 Å². The predicted molar refractivity (Wildman–Crippen MR) is 27.9 cm³/mol. The van der Waals surface area contributed by atoms with Gasteiger partial charge in [0.1, 0.15) is 6.17 Å². The third kappa shape index (κ3) is 1.15. The summed E-state index contributed by atoms with van der Waals surface area (Å²) < 4.78 is 12.2. The summed E-state index contributed by atoms with van der Waals surface area (Å²) in [4.78, 5) is 0. The minimum atomic E-state index is -0.477. The first-order valence-corrected chi connectivity index (χ1v) is 2.93. The maximum absolute atomic E-state index is 12.2. The molecule has 1 heteroatoms. The topological polar surface area (TPSA) is 0 Å². The zero-order valence-corrected chi connectivity index (χ0v) is 4.65. The smallest absolute Gasteiger partial charge is 0.100 e. The Hall–Kier alpha value is -0.0700. The number of rotatable bonds is 0. The molecule has 42 valence electrons. The summed E-state index contributed by atoms with van der Waals surface area (Å²) in [5, 5.41) is 0. The van der Waals surface area contributed by atoms with Gasteiger partial charge in [-0.25, -0.2) is 4.39 Å². The van der Waals surface area contributed by atoms with E-state index in [9.17, 15) is 4.39 Å². The molecular weight excluding hydrogens is 91.1 g/mol. The van der Waals surface area contributed by atoms with Crippen LogP contribution in [0.1, 0.15) is 26.2 Å². The minimum absolute atomic E-state index is 0.477. The quantitative estimate of drug-likeness (QED) is 0.439. The van der Waals surface area contributed by atoms with Gasteiger partial charge < -0.3 is 0 Å². The molecule has 1 fully saturated rings. The third-order valence-corrected chi connectivity index (χ3v) is 1.63. The molecule has 1 unspecified atom stereocenters. The van der Waals surface area contributed by atoms with Gasteiger partial charge in [0.2, 0.25) is 0 Å². The molecule has 1 aliphatic rings. The first-order chi connectivity index (χ1) is 3.29. The zero-order chi connectivity index (χ0) is 5.28. The van der Waals surface area contributed by atoms with Gasteiger partial charge in [0.25, 0.3) is 0 Å². The normalized spacial score (nSPS) is 42.0. The number of alkyl halides is 1. The van der Waals surface area contributed by atoms with Gasteiger partial charge in [-0.1, -0.05) is 6.92 Å². The average molecular weight is 102 g/mol. The van der Waals surface area contributed by atoms with Gasteiger partial charge >= 0.3 is 0 Å². The first kappa shape index (κ1) is 5.07. The van der Waals surface area contributed by atoms with E-state index in [0.717, 1.165) is 19.3 Å². The second kappa shape index (κ2) is 1.81. The van der Waals surface area contributed by atoms with Crippen LogP contribution in [0.2, 0.25) is 0 Å². The summed E-state index contributed by atoms with van der Waals surface area (Å²) in [6.07, 6.45) is 2.23. The van der Waals surface area contributed by atoms with Gasteiger partial charge in [-0.3, -0.25) is 0 Å². The van der Waals surface area contributed by atoms with E-state index in [1.165, 1.54) is 0 Å². The Morgan fingerprint density at radius 3 is 2.29 bits per heavy atom. The Balaban J connectivity index is 2.26. The van der Waals surface area contributed by atoms with Gasteiger partial charge in [-0.15, -0.1) is 0 Å². The van der Waals surface area contributed by atoms with Crippen molar-refractivity contribution in [3.8, 4) is 0 Å². The van der Waals surface area contributed by atoms with E-state index in [-0.39, 0.29) is 0 Å². The molecule has 1 aliphatic carbocycles. The zero-order valence-electron chi connectivity index (χ0n) is 4.65. The molecule has 2 atom stereocenters. The lowest BCUT2D eigenvalue weighted by molar-refractivity contribution is 0.334. The summed E-state index contributed by atoms with van der Waals surface area (Å²) in [5.74, 6) is 0.648. The summed E-state index contributed by atoms with van der Waals surface area (Å²) in [6, 6.07) is 0. The van der Waals surface area contributed by atoms with Crippen molar-refractivity contribution >= 4 is 0 Å². The van der Waals surface area contributed by atoms with E-state index >= 15 is 0 Å². The summed E-state index contributed by atoms with van der Waals surface area (Å²) in [6.45, 7) is 2.11. The monoisotopic (exact) mass is 102 g/mol. The van der Waals surface area contributed by atoms with E-state index in [1.54, 1.807) is 0 Å². The Morgan fingerprint density at radius 1 is 1.43 bits per heavy atom. The second-order valence-corrected chi connectivity index (χ2v) is 2.52. The molecule has 0 bridgehead atoms. The average Bonchev–Trinajstić information content (AvgIpc) is 1.87. The van der Waals surface area contributed by atoms with Gasteiger partial charge in [0.15, 0.2) is 0 Å². The van der Waals surface area contributed by atoms with E-state index in [4.69, 9.17) is 0 Å². The molecule has 1 rings (SSSR count). The SMILES string of the molecule is CC1CC[C@H](F)C1. The summed E-state index contributed by atoms with van der Waals surface area (Å²) >= 11 is 0. The highest BCUT2D eigenvalue weighted by Gasteiger charge is 2.19. The van der Waals surface area contributed by atoms with Crippen molar-refractivity contribution in [3.63, 3.8) is 0 Å². The fraction of sp³-hybridized carbons (Fsp3) is 1.00. The molecule has 7 heavy (non-hydrogen) atoms. The molecule has 0 heterocycles. The Kier molecular flexibility index (Phi) is 1.31. The van der Waals surface area contributed by atoms with Crippen molar-refractivity contribution in [2.75, 3.05) is 0 Å². The number of hydrogen-bond acceptors (Lipinski definition) is 0. The lowest BCUT2D eigenvalue weighted by Crippen LogP contribution is -1.89. The first-order valence-electron chi connectivity index (χ1n) is 2.93. The van der Waals surface area contributed by atoms with E-state index < -0.39 is 6.17 Å². The molecule has 0 nitrogen and oxygen atoms in total. The molecule has 0 aromatic rings. The molecular formula is C6H11F. The van der Waals surface area contributed by atoms with Crippen molar-refractivity contribution in [1.82, 2.24) is 0 Å². The van der Waals surface area contributed by atoms with Crippen molar-refractivity contribution in [3.05, 3.63) is 0 Å².